The summed E-state index contributed by atoms with van der Waals surface area (Å²) in [7, 11) is 0. The molecule has 0 aliphatic heterocycles. The molecule has 0 amide bonds. The summed E-state index contributed by atoms with van der Waals surface area (Å²) in [4.78, 5) is 4.18. The van der Waals surface area contributed by atoms with Gasteiger partial charge in [0, 0.05) is 34.5 Å². The lowest BCUT2D eigenvalue weighted by atomic mass is 10.2. The Labute approximate surface area is 193 Å². The van der Waals surface area contributed by atoms with E-state index in [2.05, 4.69) is 11.9 Å². The Morgan fingerprint density at radius 2 is 1.87 bits per heavy atom. The fraction of sp³-hybridized carbons (Fsp3) is 0.304. The predicted octanol–water partition coefficient (Wildman–Crippen LogP) is 7.14. The maximum Gasteiger partial charge on any atom is 0.166 e. The average Bonchev–Trinajstić information content (AvgIpc) is 3.26. The van der Waals surface area contributed by atoms with E-state index in [0.29, 0.717) is 21.6 Å². The molecule has 0 aliphatic rings. The predicted molar refractivity (Wildman–Crippen MR) is 127 cm³/mol. The van der Waals surface area contributed by atoms with Gasteiger partial charge in [-0.15, -0.1) is 0 Å². The van der Waals surface area contributed by atoms with Crippen LogP contribution in [0.5, 0.6) is 0 Å². The number of hydrogen-bond acceptors (Lipinski definition) is 3. The minimum atomic E-state index is 0.574. The second kappa shape index (κ2) is 11.4. The molecular weight excluding hydrogens is 439 g/mol. The van der Waals surface area contributed by atoms with E-state index in [0.717, 1.165) is 36.3 Å². The summed E-state index contributed by atoms with van der Waals surface area (Å²) < 4.78 is 1.88. The standard InChI is InChI=1S/C23H25Cl3N4/c1-2-3-4-7-13-30(16-18-10-11-19(24)15-22(18)26)28-23(29-14-12-27-17-29)20-8-5-6-9-21(20)25/h5-6,8-12,14-15,17H,2-4,7,13,16H2,1H3. The Morgan fingerprint density at radius 1 is 1.03 bits per heavy atom. The summed E-state index contributed by atoms with van der Waals surface area (Å²) in [5.41, 5.74) is 1.82. The number of aromatic nitrogens is 2. The van der Waals surface area contributed by atoms with Gasteiger partial charge in [-0.05, 0) is 36.2 Å². The Balaban J connectivity index is 1.96. The lowest BCUT2D eigenvalue weighted by Gasteiger charge is -2.22. The molecule has 3 rings (SSSR count). The van der Waals surface area contributed by atoms with Gasteiger partial charge in [-0.2, -0.15) is 5.10 Å². The molecule has 0 saturated heterocycles. The average molecular weight is 464 g/mol. The van der Waals surface area contributed by atoms with E-state index in [-0.39, 0.29) is 0 Å². The third-order valence-corrected chi connectivity index (χ3v) is 5.65. The van der Waals surface area contributed by atoms with Crippen molar-refractivity contribution in [2.75, 3.05) is 6.54 Å². The minimum absolute atomic E-state index is 0.574. The molecule has 4 nitrogen and oxygen atoms in total. The lowest BCUT2D eigenvalue weighted by molar-refractivity contribution is 0.271. The van der Waals surface area contributed by atoms with Crippen molar-refractivity contribution in [1.29, 1.82) is 0 Å². The summed E-state index contributed by atoms with van der Waals surface area (Å²) >= 11 is 19.0. The van der Waals surface area contributed by atoms with Crippen molar-refractivity contribution in [2.24, 2.45) is 5.10 Å². The fourth-order valence-electron chi connectivity index (χ4n) is 3.14. The molecule has 0 N–H and O–H groups in total. The molecule has 7 heteroatoms. The Kier molecular flexibility index (Phi) is 8.61. The van der Waals surface area contributed by atoms with Gasteiger partial charge in [0.05, 0.1) is 11.6 Å². The molecule has 1 aromatic heterocycles. The van der Waals surface area contributed by atoms with Gasteiger partial charge in [-0.1, -0.05) is 79.2 Å². The van der Waals surface area contributed by atoms with Crippen LogP contribution in [0.25, 0.3) is 0 Å². The van der Waals surface area contributed by atoms with Gasteiger partial charge in [0.15, 0.2) is 5.84 Å². The molecule has 0 spiro atoms. The van der Waals surface area contributed by atoms with Crippen LogP contribution in [0.15, 0.2) is 66.3 Å². The number of rotatable bonds is 9. The Hall–Kier alpha value is -2.01. The number of halogens is 3. The highest BCUT2D eigenvalue weighted by Crippen LogP contribution is 2.24. The van der Waals surface area contributed by atoms with Crippen LogP contribution in [0, 0.1) is 0 Å². The van der Waals surface area contributed by atoms with E-state index in [1.807, 2.05) is 52.2 Å². The topological polar surface area (TPSA) is 33.4 Å². The Bertz CT molecular complexity index is 970. The second-order valence-electron chi connectivity index (χ2n) is 7.06. The van der Waals surface area contributed by atoms with Gasteiger partial charge in [-0.25, -0.2) is 4.98 Å². The summed E-state index contributed by atoms with van der Waals surface area (Å²) in [5, 5.41) is 8.95. The van der Waals surface area contributed by atoms with E-state index in [9.17, 15) is 0 Å². The summed E-state index contributed by atoms with van der Waals surface area (Å²) in [6, 6.07) is 13.3. The zero-order valence-electron chi connectivity index (χ0n) is 16.9. The molecule has 0 saturated carbocycles. The smallest absolute Gasteiger partial charge is 0.166 e. The molecule has 158 valence electrons. The molecule has 30 heavy (non-hydrogen) atoms. The van der Waals surface area contributed by atoms with Crippen LogP contribution < -0.4 is 0 Å². The number of unbranched alkanes of at least 4 members (excludes halogenated alkanes) is 3. The number of nitrogens with zero attached hydrogens (tertiary/aromatic N) is 4. The molecule has 2 aromatic carbocycles. The summed E-state index contributed by atoms with van der Waals surface area (Å²) in [6.45, 7) is 3.59. The van der Waals surface area contributed by atoms with Gasteiger partial charge >= 0.3 is 0 Å². The van der Waals surface area contributed by atoms with Crippen molar-refractivity contribution >= 4 is 40.6 Å². The van der Waals surface area contributed by atoms with Crippen molar-refractivity contribution in [3.8, 4) is 0 Å². The van der Waals surface area contributed by atoms with Crippen molar-refractivity contribution < 1.29 is 0 Å². The first-order valence-corrected chi connectivity index (χ1v) is 11.2. The highest BCUT2D eigenvalue weighted by Gasteiger charge is 2.14. The van der Waals surface area contributed by atoms with Crippen LogP contribution in [-0.2, 0) is 6.54 Å². The van der Waals surface area contributed by atoms with E-state index in [1.165, 1.54) is 12.8 Å². The zero-order chi connectivity index (χ0) is 21.3. The first-order chi connectivity index (χ1) is 14.6. The summed E-state index contributed by atoms with van der Waals surface area (Å²) in [5.74, 6) is 0.721. The molecule has 0 fully saturated rings. The first-order valence-electron chi connectivity index (χ1n) is 10.1. The largest absolute Gasteiger partial charge is 0.291 e. The van der Waals surface area contributed by atoms with Crippen molar-refractivity contribution in [2.45, 2.75) is 39.2 Å². The van der Waals surface area contributed by atoms with Crippen molar-refractivity contribution in [3.63, 3.8) is 0 Å². The van der Waals surface area contributed by atoms with Gasteiger partial charge in [0.1, 0.15) is 6.33 Å². The van der Waals surface area contributed by atoms with E-state index < -0.39 is 0 Å². The zero-order valence-corrected chi connectivity index (χ0v) is 19.2. The van der Waals surface area contributed by atoms with Gasteiger partial charge in [0.2, 0.25) is 0 Å². The minimum Gasteiger partial charge on any atom is -0.291 e. The van der Waals surface area contributed by atoms with Crippen LogP contribution in [0.3, 0.4) is 0 Å². The highest BCUT2D eigenvalue weighted by molar-refractivity contribution is 6.35. The highest BCUT2D eigenvalue weighted by atomic mass is 35.5. The molecular formula is C23H25Cl3N4. The quantitative estimate of drug-likeness (QED) is 0.146. The monoisotopic (exact) mass is 462 g/mol. The van der Waals surface area contributed by atoms with Crippen LogP contribution in [0.2, 0.25) is 15.1 Å². The SMILES string of the molecule is CCCCCCN(Cc1ccc(Cl)cc1Cl)N=C(c1ccccc1Cl)n1ccnc1. The molecule has 0 bridgehead atoms. The van der Waals surface area contributed by atoms with Crippen LogP contribution in [-0.4, -0.2) is 26.9 Å². The normalized spacial score (nSPS) is 11.7. The number of benzene rings is 2. The molecule has 0 aliphatic carbocycles. The van der Waals surface area contributed by atoms with Crippen LogP contribution >= 0.6 is 34.8 Å². The van der Waals surface area contributed by atoms with Crippen LogP contribution in [0.4, 0.5) is 0 Å². The van der Waals surface area contributed by atoms with Gasteiger partial charge < -0.3 is 0 Å². The number of hydrazone groups is 1. The maximum absolute atomic E-state index is 6.50. The molecule has 0 unspecified atom stereocenters. The molecule has 0 radical (unpaired) electrons. The van der Waals surface area contributed by atoms with Crippen molar-refractivity contribution in [3.05, 3.63) is 87.4 Å². The summed E-state index contributed by atoms with van der Waals surface area (Å²) in [6.07, 6.45) is 9.92. The third kappa shape index (κ3) is 6.24. The molecule has 0 atom stereocenters. The molecule has 3 aromatic rings. The lowest BCUT2D eigenvalue weighted by Crippen LogP contribution is -2.24. The van der Waals surface area contributed by atoms with E-state index >= 15 is 0 Å². The Morgan fingerprint density at radius 3 is 2.57 bits per heavy atom. The van der Waals surface area contributed by atoms with E-state index in [1.54, 1.807) is 18.6 Å². The van der Waals surface area contributed by atoms with Gasteiger partial charge in [-0.3, -0.25) is 9.58 Å². The maximum atomic E-state index is 6.50. The van der Waals surface area contributed by atoms with E-state index in [4.69, 9.17) is 39.9 Å². The van der Waals surface area contributed by atoms with Gasteiger partial charge in [0.25, 0.3) is 0 Å². The first kappa shape index (κ1) is 22.7. The third-order valence-electron chi connectivity index (χ3n) is 4.74. The molecule has 1 heterocycles. The number of hydrogen-bond donors (Lipinski definition) is 0. The van der Waals surface area contributed by atoms with Crippen LogP contribution in [0.1, 0.15) is 43.7 Å². The van der Waals surface area contributed by atoms with Crippen molar-refractivity contribution in [1.82, 2.24) is 14.6 Å². The number of imidazole rings is 1. The second-order valence-corrected chi connectivity index (χ2v) is 8.31. The fourth-order valence-corrected chi connectivity index (χ4v) is 3.83.